The minimum absolute atomic E-state index is 0.00350. The van der Waals surface area contributed by atoms with E-state index in [2.05, 4.69) is 23.6 Å². The number of amides is 1. The van der Waals surface area contributed by atoms with Gasteiger partial charge in [0.2, 0.25) is 0 Å². The van der Waals surface area contributed by atoms with E-state index in [1.807, 2.05) is 23.1 Å². The van der Waals surface area contributed by atoms with Gasteiger partial charge in [-0.2, -0.15) is 15.2 Å². The van der Waals surface area contributed by atoms with Gasteiger partial charge in [-0.3, -0.25) is 9.69 Å². The van der Waals surface area contributed by atoms with Crippen molar-refractivity contribution < 1.29 is 18.3 Å². The molecule has 3 aromatic rings. The average molecular weight is 611 g/mol. The molecule has 10 heteroatoms. The predicted octanol–water partition coefficient (Wildman–Crippen LogP) is 5.52. The molecule has 3 saturated heterocycles. The number of benzene rings is 2. The number of hydrogen-bond donors (Lipinski definition) is 0. The van der Waals surface area contributed by atoms with Crippen molar-refractivity contribution in [2.75, 3.05) is 44.2 Å². The van der Waals surface area contributed by atoms with Crippen LogP contribution < -0.4 is 9.64 Å². The number of fused-ring (bicyclic) bond motifs is 5. The molecule has 0 bridgehead atoms. The van der Waals surface area contributed by atoms with Crippen molar-refractivity contribution >= 4 is 22.6 Å². The van der Waals surface area contributed by atoms with Gasteiger partial charge in [0.15, 0.2) is 5.83 Å². The van der Waals surface area contributed by atoms with Crippen molar-refractivity contribution in [3.8, 4) is 23.2 Å². The van der Waals surface area contributed by atoms with E-state index in [9.17, 15) is 14.4 Å². The first-order chi connectivity index (χ1) is 21.8. The standard InChI is InChI=1S/C35H36F2N6O2/c1-21(36)33(44)43-14-13-41(19-24(43)7-10-38)32-28-17-29(37)27(25-6-2-5-22-15-23-16-26(23)31(22)25)18-30(28)39-34(40-32)45-20-35-8-3-11-42(35)12-4-9-35/h2,5-6,17-18,23-24,26H,1,3-4,7-9,11-16,19-20H2/t23-,24-,26+/m0/s1. The van der Waals surface area contributed by atoms with Crippen LogP contribution in [-0.2, 0) is 11.2 Å². The molecule has 5 aliphatic rings. The Balaban J connectivity index is 1.20. The van der Waals surface area contributed by atoms with E-state index in [1.165, 1.54) is 22.1 Å². The summed E-state index contributed by atoms with van der Waals surface area (Å²) in [6.07, 6.45) is 6.68. The maximum absolute atomic E-state index is 16.2. The number of carbonyl (C=O) groups excluding carboxylic acids is 1. The third-order valence-electron chi connectivity index (χ3n) is 10.9. The van der Waals surface area contributed by atoms with E-state index >= 15 is 4.39 Å². The minimum Gasteiger partial charge on any atom is -0.461 e. The topological polar surface area (TPSA) is 85.6 Å². The van der Waals surface area contributed by atoms with Gasteiger partial charge in [-0.05, 0) is 92.3 Å². The van der Waals surface area contributed by atoms with E-state index in [4.69, 9.17) is 14.7 Å². The predicted molar refractivity (Wildman–Crippen MR) is 166 cm³/mol. The van der Waals surface area contributed by atoms with Crippen molar-refractivity contribution in [2.45, 2.75) is 62.4 Å². The van der Waals surface area contributed by atoms with Crippen molar-refractivity contribution in [3.05, 3.63) is 59.7 Å². The summed E-state index contributed by atoms with van der Waals surface area (Å²) in [7, 11) is 0. The van der Waals surface area contributed by atoms with Gasteiger partial charge >= 0.3 is 6.01 Å². The quantitative estimate of drug-likeness (QED) is 0.326. The number of ether oxygens (including phenoxy) is 1. The molecular formula is C35H36F2N6O2. The van der Waals surface area contributed by atoms with Gasteiger partial charge in [0.1, 0.15) is 18.2 Å². The number of hydrogen-bond acceptors (Lipinski definition) is 7. The summed E-state index contributed by atoms with van der Waals surface area (Å²) in [5.41, 5.74) is 4.61. The molecule has 2 aromatic carbocycles. The first kappa shape index (κ1) is 28.4. The SMILES string of the molecule is C=C(F)C(=O)N1CCN(c2nc(OCC34CCCN3CCC4)nc3cc(-c4cccc5c4[C@@H]4C[C@@H]4C5)c(F)cc23)C[C@@H]1CC#N. The fourth-order valence-electron chi connectivity index (χ4n) is 8.61. The van der Waals surface area contributed by atoms with Gasteiger partial charge in [0.25, 0.3) is 5.91 Å². The normalized spacial score (nSPS) is 24.7. The molecule has 0 N–H and O–H groups in total. The zero-order chi connectivity index (χ0) is 30.9. The van der Waals surface area contributed by atoms with E-state index in [1.54, 1.807) is 0 Å². The average Bonchev–Trinajstić information content (AvgIpc) is 3.32. The highest BCUT2D eigenvalue weighted by molar-refractivity contribution is 5.94. The Labute approximate surface area is 261 Å². The summed E-state index contributed by atoms with van der Waals surface area (Å²) in [4.78, 5) is 28.1. The second-order valence-corrected chi connectivity index (χ2v) is 13.4. The van der Waals surface area contributed by atoms with Crippen molar-refractivity contribution in [1.82, 2.24) is 19.8 Å². The molecule has 1 aromatic heterocycles. The lowest BCUT2D eigenvalue weighted by molar-refractivity contribution is -0.131. The monoisotopic (exact) mass is 610 g/mol. The van der Waals surface area contributed by atoms with Crippen LogP contribution in [0.4, 0.5) is 14.6 Å². The van der Waals surface area contributed by atoms with E-state index < -0.39 is 17.8 Å². The van der Waals surface area contributed by atoms with Crippen LogP contribution in [0, 0.1) is 23.1 Å². The first-order valence-corrected chi connectivity index (χ1v) is 16.1. The Hall–Kier alpha value is -4.10. The molecule has 3 atom stereocenters. The van der Waals surface area contributed by atoms with E-state index in [0.29, 0.717) is 47.3 Å². The van der Waals surface area contributed by atoms with Gasteiger partial charge < -0.3 is 14.5 Å². The van der Waals surface area contributed by atoms with Crippen LogP contribution in [0.3, 0.4) is 0 Å². The molecule has 1 amide bonds. The Morgan fingerprint density at radius 3 is 2.73 bits per heavy atom. The minimum atomic E-state index is -1.05. The lowest BCUT2D eigenvalue weighted by Crippen LogP contribution is -2.55. The maximum atomic E-state index is 16.2. The Bertz CT molecular complexity index is 1760. The first-order valence-electron chi connectivity index (χ1n) is 16.1. The zero-order valence-electron chi connectivity index (χ0n) is 25.3. The van der Waals surface area contributed by atoms with Crippen LogP contribution in [0.15, 0.2) is 42.7 Å². The summed E-state index contributed by atoms with van der Waals surface area (Å²) in [6.45, 7) is 6.53. The van der Waals surface area contributed by atoms with Crippen molar-refractivity contribution in [2.24, 2.45) is 5.92 Å². The molecule has 3 aliphatic heterocycles. The highest BCUT2D eigenvalue weighted by Gasteiger charge is 2.47. The molecule has 2 aliphatic carbocycles. The van der Waals surface area contributed by atoms with Crippen LogP contribution >= 0.6 is 0 Å². The van der Waals surface area contributed by atoms with Crippen LogP contribution in [0.1, 0.15) is 55.6 Å². The number of piperazine rings is 1. The smallest absolute Gasteiger partial charge is 0.319 e. The molecular weight excluding hydrogens is 574 g/mol. The highest BCUT2D eigenvalue weighted by atomic mass is 19.1. The number of halogens is 2. The van der Waals surface area contributed by atoms with Crippen LogP contribution in [0.25, 0.3) is 22.0 Å². The summed E-state index contributed by atoms with van der Waals surface area (Å²) in [5.74, 6) is -0.551. The zero-order valence-corrected chi connectivity index (χ0v) is 25.3. The number of carbonyl (C=O) groups is 1. The summed E-state index contributed by atoms with van der Waals surface area (Å²) in [6, 6.07) is 11.3. The summed E-state index contributed by atoms with van der Waals surface area (Å²) < 4.78 is 36.4. The van der Waals surface area contributed by atoms with Gasteiger partial charge in [0, 0.05) is 30.6 Å². The molecule has 0 radical (unpaired) electrons. The van der Waals surface area contributed by atoms with Gasteiger partial charge in [-0.25, -0.2) is 8.78 Å². The summed E-state index contributed by atoms with van der Waals surface area (Å²) in [5, 5.41) is 10.1. The molecule has 8 nitrogen and oxygen atoms in total. The third-order valence-corrected chi connectivity index (χ3v) is 10.9. The van der Waals surface area contributed by atoms with E-state index in [0.717, 1.165) is 57.2 Å². The molecule has 4 heterocycles. The Morgan fingerprint density at radius 1 is 1.13 bits per heavy atom. The van der Waals surface area contributed by atoms with Crippen LogP contribution in [-0.4, -0.2) is 76.6 Å². The van der Waals surface area contributed by atoms with Gasteiger partial charge in [0.05, 0.1) is 29.6 Å². The van der Waals surface area contributed by atoms with E-state index in [-0.39, 0.29) is 36.9 Å². The second kappa shape index (κ2) is 10.8. The molecule has 0 unspecified atom stereocenters. The fraction of sp³-hybridized carbons (Fsp3) is 0.486. The number of nitrogens with zero attached hydrogens (tertiary/aromatic N) is 6. The summed E-state index contributed by atoms with van der Waals surface area (Å²) >= 11 is 0. The lowest BCUT2D eigenvalue weighted by atomic mass is 9.93. The molecule has 232 valence electrons. The fourth-order valence-corrected chi connectivity index (χ4v) is 8.61. The molecule has 4 fully saturated rings. The number of rotatable bonds is 7. The van der Waals surface area contributed by atoms with Gasteiger partial charge in [-0.1, -0.05) is 24.8 Å². The number of aromatic nitrogens is 2. The Kier molecular flexibility index (Phi) is 6.79. The number of nitriles is 1. The Morgan fingerprint density at radius 2 is 1.96 bits per heavy atom. The third kappa shape index (κ3) is 4.75. The highest BCUT2D eigenvalue weighted by Crippen LogP contribution is 2.58. The second-order valence-electron chi connectivity index (χ2n) is 13.4. The van der Waals surface area contributed by atoms with Crippen molar-refractivity contribution in [1.29, 1.82) is 5.26 Å². The maximum Gasteiger partial charge on any atom is 0.319 e. The lowest BCUT2D eigenvalue weighted by Gasteiger charge is -2.41. The molecule has 8 rings (SSSR count). The van der Waals surface area contributed by atoms with Gasteiger partial charge in [-0.15, -0.1) is 0 Å². The molecule has 0 spiro atoms. The van der Waals surface area contributed by atoms with Crippen LogP contribution in [0.2, 0.25) is 0 Å². The largest absolute Gasteiger partial charge is 0.461 e. The molecule has 45 heavy (non-hydrogen) atoms. The van der Waals surface area contributed by atoms with Crippen LogP contribution in [0.5, 0.6) is 6.01 Å². The molecule has 1 saturated carbocycles. The van der Waals surface area contributed by atoms with Crippen molar-refractivity contribution in [3.63, 3.8) is 0 Å². The number of anilines is 1.